The van der Waals surface area contributed by atoms with Crippen molar-refractivity contribution in [1.29, 1.82) is 0 Å². The summed E-state index contributed by atoms with van der Waals surface area (Å²) in [5, 5.41) is 72.6. The van der Waals surface area contributed by atoms with Gasteiger partial charge in [0.15, 0.2) is 0 Å². The number of carboxylic acid groups (broad SMARTS) is 6. The molecule has 220 valence electrons. The molecule has 0 aromatic rings. The van der Waals surface area contributed by atoms with Gasteiger partial charge < -0.3 is 69.0 Å². The summed E-state index contributed by atoms with van der Waals surface area (Å²) in [5.41, 5.74) is 0. The topological polar surface area (TPSA) is 276 Å². The minimum atomic E-state index is -1.55. The van der Waals surface area contributed by atoms with E-state index < -0.39 is 48.0 Å². The number of aliphatic hydroxyl groups is 2. The van der Waals surface area contributed by atoms with Gasteiger partial charge in [0, 0.05) is 0 Å². The standard InChI is InChI=1S/2C7H15NO3.2C4H4O4.Ca/c2*1-8(2,3)5-6(9)4-7(10)11;2*5-3(6)1-2-4(7)8;/h2*6,9H,4-5H2,1-3H3;2*1-2H,(H,5,6)(H,7,8);/q;;;;+2/p-2/b;;2*2-1+;/t2*6-;;;/m11.../s1. The summed E-state index contributed by atoms with van der Waals surface area (Å²) in [5.74, 6) is -8.09. The molecular weight excluding hydrogens is 556 g/mol. The fourth-order valence-electron chi connectivity index (χ4n) is 2.07. The second-order valence-electron chi connectivity index (χ2n) is 9.39. The minimum Gasteiger partial charge on any atom is -0.545 e. The molecule has 0 saturated heterocycles. The van der Waals surface area contributed by atoms with Crippen LogP contribution in [0, 0.1) is 0 Å². The average Bonchev–Trinajstić information content (AvgIpc) is 2.61. The second-order valence-corrected chi connectivity index (χ2v) is 9.39. The molecule has 0 bridgehead atoms. The summed E-state index contributed by atoms with van der Waals surface area (Å²) < 4.78 is 1.16. The molecule has 17 heteroatoms. The van der Waals surface area contributed by atoms with Gasteiger partial charge in [-0.15, -0.1) is 0 Å². The van der Waals surface area contributed by atoms with Gasteiger partial charge >= 0.3 is 49.7 Å². The first-order valence-corrected chi connectivity index (χ1v) is 10.5. The van der Waals surface area contributed by atoms with Gasteiger partial charge in [0.25, 0.3) is 0 Å². The second kappa shape index (κ2) is 24.4. The summed E-state index contributed by atoms with van der Waals surface area (Å²) in [6, 6.07) is 0. The quantitative estimate of drug-likeness (QED) is 0.0931. The van der Waals surface area contributed by atoms with Crippen molar-refractivity contribution in [2.75, 3.05) is 55.4 Å². The molecule has 0 spiro atoms. The molecule has 0 amide bonds. The molecular formula is C22H36CaN2O14. The Balaban J connectivity index is -0.000000132. The van der Waals surface area contributed by atoms with Crippen molar-refractivity contribution in [2.24, 2.45) is 0 Å². The number of hydrogen-bond donors (Lipinski definition) is 4. The molecule has 0 heterocycles. The van der Waals surface area contributed by atoms with Gasteiger partial charge in [-0.3, -0.25) is 9.59 Å². The molecule has 0 aliphatic rings. The van der Waals surface area contributed by atoms with Crippen LogP contribution in [0.4, 0.5) is 0 Å². The Kier molecular flexibility index (Phi) is 29.0. The van der Waals surface area contributed by atoms with Gasteiger partial charge in [0.05, 0.1) is 79.0 Å². The largest absolute Gasteiger partial charge is 2.00 e. The third-order valence-corrected chi connectivity index (χ3v) is 3.05. The summed E-state index contributed by atoms with van der Waals surface area (Å²) in [6.07, 6.45) is -0.291. The number of carboxylic acids is 6. The van der Waals surface area contributed by atoms with E-state index in [1.807, 2.05) is 42.3 Å². The number of carbonyl (C=O) groups excluding carboxylic acids is 4. The number of carbonyl (C=O) groups is 6. The van der Waals surface area contributed by atoms with Crippen LogP contribution in [0.5, 0.6) is 0 Å². The molecule has 0 rings (SSSR count). The van der Waals surface area contributed by atoms with Crippen LogP contribution in [-0.4, -0.2) is 171 Å². The zero-order chi connectivity index (χ0) is 31.3. The predicted octanol–water partition coefficient (Wildman–Crippen LogP) is -7.24. The van der Waals surface area contributed by atoms with Gasteiger partial charge in [-0.25, -0.2) is 0 Å². The van der Waals surface area contributed by atoms with Crippen LogP contribution in [0.3, 0.4) is 0 Å². The Morgan fingerprint density at radius 1 is 0.564 bits per heavy atom. The average molecular weight is 593 g/mol. The smallest absolute Gasteiger partial charge is 0.545 e. The third kappa shape index (κ3) is 61.2. The summed E-state index contributed by atoms with van der Waals surface area (Å²) >= 11 is 0. The first kappa shape index (κ1) is 46.3. The van der Waals surface area contributed by atoms with E-state index in [-0.39, 0.29) is 50.6 Å². The van der Waals surface area contributed by atoms with E-state index in [4.69, 9.17) is 20.4 Å². The Morgan fingerprint density at radius 3 is 0.846 bits per heavy atom. The van der Waals surface area contributed by atoms with Gasteiger partial charge in [-0.2, -0.15) is 0 Å². The van der Waals surface area contributed by atoms with Crippen LogP contribution >= 0.6 is 0 Å². The molecule has 0 aliphatic carbocycles. The molecule has 0 saturated carbocycles. The number of likely N-dealkylation sites (N-methyl/N-ethyl adjacent to an activating group) is 2. The predicted molar refractivity (Wildman–Crippen MR) is 126 cm³/mol. The SMILES string of the molecule is C[N+](C)(C)C[C@H](O)CC(=O)O.C[N+](C)(C)C[C@H](O)CC(=O)O.O=C([O-])/C=C/C(=O)[O-].O=C([O-])/C=C/C(=O)[O-].[Ca+2]. The summed E-state index contributed by atoms with van der Waals surface area (Å²) in [4.78, 5) is 57.9. The van der Waals surface area contributed by atoms with Crippen molar-refractivity contribution in [3.8, 4) is 0 Å². The molecule has 0 unspecified atom stereocenters. The van der Waals surface area contributed by atoms with Crippen LogP contribution in [0.15, 0.2) is 24.3 Å². The molecule has 0 aromatic carbocycles. The van der Waals surface area contributed by atoms with E-state index in [1.165, 1.54) is 0 Å². The Morgan fingerprint density at radius 2 is 0.744 bits per heavy atom. The van der Waals surface area contributed by atoms with Gasteiger partial charge in [0.1, 0.15) is 25.3 Å². The zero-order valence-corrected chi connectivity index (χ0v) is 25.0. The van der Waals surface area contributed by atoms with Crippen molar-refractivity contribution in [3.63, 3.8) is 0 Å². The Hall–Kier alpha value is -2.60. The van der Waals surface area contributed by atoms with E-state index in [2.05, 4.69) is 0 Å². The summed E-state index contributed by atoms with van der Waals surface area (Å²) in [7, 11) is 11.4. The molecule has 0 fully saturated rings. The first-order valence-electron chi connectivity index (χ1n) is 10.5. The van der Waals surface area contributed by atoms with Gasteiger partial charge in [0.2, 0.25) is 0 Å². The molecule has 0 radical (unpaired) electrons. The van der Waals surface area contributed by atoms with E-state index in [1.54, 1.807) is 0 Å². The molecule has 0 aliphatic heterocycles. The maximum atomic E-state index is 10.1. The Labute approximate surface area is 255 Å². The van der Waals surface area contributed by atoms with Crippen LogP contribution in [0.25, 0.3) is 0 Å². The van der Waals surface area contributed by atoms with Crippen LogP contribution in [0.2, 0.25) is 0 Å². The molecule has 0 aromatic heterocycles. The first-order chi connectivity index (χ1) is 16.9. The number of nitrogens with zero attached hydrogens (tertiary/aromatic N) is 2. The number of hydrogen-bond acceptors (Lipinski definition) is 12. The summed E-state index contributed by atoms with van der Waals surface area (Å²) in [6.45, 7) is 0.929. The van der Waals surface area contributed by atoms with E-state index in [9.17, 15) is 49.2 Å². The number of rotatable bonds is 12. The van der Waals surface area contributed by atoms with Gasteiger partial charge in [-0.1, -0.05) is 0 Å². The maximum Gasteiger partial charge on any atom is 2.00 e. The molecule has 2 atom stereocenters. The molecule has 4 N–H and O–H groups in total. The van der Waals surface area contributed by atoms with Crippen molar-refractivity contribution < 1.29 is 78.6 Å². The normalized spacial score (nSPS) is 12.1. The van der Waals surface area contributed by atoms with E-state index in [0.717, 1.165) is 0 Å². The van der Waals surface area contributed by atoms with Crippen molar-refractivity contribution in [2.45, 2.75) is 25.0 Å². The number of aliphatic carboxylic acids is 6. The van der Waals surface area contributed by atoms with E-state index in [0.29, 0.717) is 46.4 Å². The van der Waals surface area contributed by atoms with Crippen molar-refractivity contribution in [3.05, 3.63) is 24.3 Å². The van der Waals surface area contributed by atoms with Crippen molar-refractivity contribution >= 4 is 73.6 Å². The molecule has 16 nitrogen and oxygen atoms in total. The Bertz CT molecular complexity index is 730. The monoisotopic (exact) mass is 592 g/mol. The van der Waals surface area contributed by atoms with Gasteiger partial charge in [-0.05, 0) is 24.3 Å². The van der Waals surface area contributed by atoms with E-state index >= 15 is 0 Å². The third-order valence-electron chi connectivity index (χ3n) is 3.05. The maximum absolute atomic E-state index is 10.1. The fraction of sp³-hybridized carbons (Fsp3) is 0.545. The fourth-order valence-corrected chi connectivity index (χ4v) is 2.07. The zero-order valence-electron chi connectivity index (χ0n) is 22.8. The number of quaternary nitrogens is 2. The number of aliphatic hydroxyl groups excluding tert-OH is 2. The van der Waals surface area contributed by atoms with Crippen LogP contribution < -0.4 is 20.4 Å². The molecule has 39 heavy (non-hydrogen) atoms. The van der Waals surface area contributed by atoms with Crippen LogP contribution in [-0.2, 0) is 28.8 Å². The van der Waals surface area contributed by atoms with Crippen LogP contribution in [0.1, 0.15) is 12.8 Å². The minimum absolute atomic E-state index is 0. The van der Waals surface area contributed by atoms with Crippen molar-refractivity contribution in [1.82, 2.24) is 0 Å².